The van der Waals surface area contributed by atoms with Crippen LogP contribution in [0.1, 0.15) is 44.6 Å². The number of benzene rings is 2. The van der Waals surface area contributed by atoms with Crippen LogP contribution in [-0.2, 0) is 4.74 Å². The van der Waals surface area contributed by atoms with Crippen LogP contribution in [0.3, 0.4) is 0 Å². The van der Waals surface area contributed by atoms with Gasteiger partial charge in [0.15, 0.2) is 5.82 Å². The Bertz CT molecular complexity index is 1810. The number of ether oxygens (including phenoxy) is 2. The summed E-state index contributed by atoms with van der Waals surface area (Å²) in [6.07, 6.45) is 12.7. The van der Waals surface area contributed by atoms with E-state index in [1.807, 2.05) is 6.92 Å². The summed E-state index contributed by atoms with van der Waals surface area (Å²) in [4.78, 5) is 18.5. The van der Waals surface area contributed by atoms with Crippen molar-refractivity contribution in [2.45, 2.75) is 51.1 Å². The van der Waals surface area contributed by atoms with E-state index in [4.69, 9.17) is 20.9 Å². The third-order valence-electron chi connectivity index (χ3n) is 9.80. The van der Waals surface area contributed by atoms with Crippen LogP contribution in [0, 0.1) is 29.4 Å². The Balaban J connectivity index is 1.38. The molecule has 0 radical (unpaired) electrons. The highest BCUT2D eigenvalue weighted by Crippen LogP contribution is 2.47. The molecule has 228 valence electrons. The highest BCUT2D eigenvalue weighted by Gasteiger charge is 2.47. The van der Waals surface area contributed by atoms with Gasteiger partial charge in [-0.25, -0.2) is 8.78 Å². The summed E-state index contributed by atoms with van der Waals surface area (Å²) in [7, 11) is 2.18. The highest BCUT2D eigenvalue weighted by atomic mass is 19.1. The number of piperidine rings is 1. The molecule has 3 unspecified atom stereocenters. The number of halogens is 2. The van der Waals surface area contributed by atoms with Crippen LogP contribution in [0.2, 0.25) is 0 Å². The molecule has 3 atom stereocenters. The second kappa shape index (κ2) is 11.1. The molecule has 44 heavy (non-hydrogen) atoms. The number of likely N-dealkylation sites (tertiary alicyclic amines) is 1. The van der Waals surface area contributed by atoms with Crippen molar-refractivity contribution in [3.63, 3.8) is 0 Å². The second-order valence-electron chi connectivity index (χ2n) is 12.4. The van der Waals surface area contributed by atoms with Crippen molar-refractivity contribution >= 4 is 27.5 Å². The lowest BCUT2D eigenvalue weighted by Crippen LogP contribution is -2.50. The molecule has 1 N–H and O–H groups in total. The summed E-state index contributed by atoms with van der Waals surface area (Å²) in [5.74, 6) is 1.44. The van der Waals surface area contributed by atoms with Crippen LogP contribution in [0.5, 0.6) is 11.8 Å². The van der Waals surface area contributed by atoms with Crippen molar-refractivity contribution in [3.05, 3.63) is 47.7 Å². The Kier molecular flexibility index (Phi) is 7.26. The lowest BCUT2D eigenvalue weighted by Gasteiger charge is -2.44. The number of phenolic OH excluding ortho intramolecular Hbond substituents is 1. The summed E-state index contributed by atoms with van der Waals surface area (Å²) < 4.78 is 43.6. The number of hydrogen-bond acceptors (Lipinski definition) is 8. The first kappa shape index (κ1) is 28.7. The van der Waals surface area contributed by atoms with Gasteiger partial charge < -0.3 is 24.4 Å². The maximum absolute atomic E-state index is 16.7. The predicted molar refractivity (Wildman–Crippen MR) is 165 cm³/mol. The van der Waals surface area contributed by atoms with E-state index in [9.17, 15) is 9.50 Å². The number of pyridine rings is 1. The Labute approximate surface area is 255 Å². The summed E-state index contributed by atoms with van der Waals surface area (Å²) in [5.41, 5.74) is 0.0819. The Morgan fingerprint density at radius 2 is 2.02 bits per heavy atom. The molecule has 2 aliphatic heterocycles. The van der Waals surface area contributed by atoms with Crippen LogP contribution < -0.4 is 9.64 Å². The van der Waals surface area contributed by atoms with Gasteiger partial charge in [-0.2, -0.15) is 9.97 Å². The number of phenols is 1. The van der Waals surface area contributed by atoms with Gasteiger partial charge in [0.1, 0.15) is 28.6 Å². The molecule has 2 aromatic heterocycles. The Morgan fingerprint density at radius 3 is 2.84 bits per heavy atom. The van der Waals surface area contributed by atoms with E-state index < -0.39 is 11.6 Å². The van der Waals surface area contributed by atoms with Gasteiger partial charge in [-0.05, 0) is 69.8 Å². The Morgan fingerprint density at radius 1 is 1.18 bits per heavy atom. The van der Waals surface area contributed by atoms with Gasteiger partial charge in [0, 0.05) is 35.1 Å². The molecule has 10 heteroatoms. The fraction of sp³-hybridized carbons (Fsp3) is 0.441. The minimum atomic E-state index is -0.731. The molecule has 0 spiro atoms. The molecule has 3 aliphatic rings. The van der Waals surface area contributed by atoms with Crippen molar-refractivity contribution in [2.24, 2.45) is 5.41 Å². The highest BCUT2D eigenvalue weighted by molar-refractivity contribution is 6.03. The van der Waals surface area contributed by atoms with Gasteiger partial charge in [-0.1, -0.05) is 18.4 Å². The number of fused-ring (bicyclic) bond motifs is 3. The SMILES string of the molecule is C#Cc1c(F)ccc2cc(O)cc(-c3ncc4c(N5CCOCC5C)nc(OCC56CCCC5N(C)CCC6)nc4c3F)c12. The third-order valence-corrected chi connectivity index (χ3v) is 9.80. The van der Waals surface area contributed by atoms with Crippen molar-refractivity contribution in [1.29, 1.82) is 0 Å². The summed E-state index contributed by atoms with van der Waals surface area (Å²) in [6, 6.07) is 6.07. The second-order valence-corrected chi connectivity index (χ2v) is 12.4. The third kappa shape index (κ3) is 4.70. The molecule has 2 aromatic carbocycles. The fourth-order valence-corrected chi connectivity index (χ4v) is 7.67. The monoisotopic (exact) mass is 599 g/mol. The normalized spacial score (nSPS) is 24.0. The molecular formula is C34H35F2N5O3. The van der Waals surface area contributed by atoms with Crippen molar-refractivity contribution in [1.82, 2.24) is 19.9 Å². The summed E-state index contributed by atoms with van der Waals surface area (Å²) in [6.45, 7) is 5.13. The molecule has 0 amide bonds. The molecule has 8 nitrogen and oxygen atoms in total. The molecule has 2 saturated heterocycles. The van der Waals surface area contributed by atoms with Crippen LogP contribution in [0.4, 0.5) is 14.6 Å². The quantitative estimate of drug-likeness (QED) is 0.294. The van der Waals surface area contributed by atoms with Crippen LogP contribution in [0.15, 0.2) is 30.5 Å². The number of rotatable bonds is 5. The van der Waals surface area contributed by atoms with Gasteiger partial charge in [0.25, 0.3) is 0 Å². The molecule has 1 aliphatic carbocycles. The molecular weight excluding hydrogens is 564 g/mol. The zero-order chi connectivity index (χ0) is 30.6. The first-order valence-corrected chi connectivity index (χ1v) is 15.3. The largest absolute Gasteiger partial charge is 0.508 e. The maximum atomic E-state index is 16.7. The number of aromatic nitrogens is 3. The molecule has 3 fully saturated rings. The standard InChI is InChI=1S/C34H35F2N5O3/c1-4-23-26(35)9-8-21-15-22(42)16-24(28(21)23)30-29(36)31-25(17-37-30)32(41-13-14-43-18-20(41)2)39-33(38-31)44-19-34-10-5-7-27(34)40(3)12-6-11-34/h1,8-9,15-17,20,27,42H,5-7,10-14,18-19H2,2-3H3. The molecule has 1 saturated carbocycles. The smallest absolute Gasteiger partial charge is 0.319 e. The van der Waals surface area contributed by atoms with Gasteiger partial charge in [0.05, 0.1) is 36.8 Å². The van der Waals surface area contributed by atoms with Gasteiger partial charge in [0.2, 0.25) is 0 Å². The first-order chi connectivity index (χ1) is 21.3. The predicted octanol–water partition coefficient (Wildman–Crippen LogP) is 5.68. The van der Waals surface area contributed by atoms with Gasteiger partial charge >= 0.3 is 6.01 Å². The maximum Gasteiger partial charge on any atom is 0.319 e. The van der Waals surface area contributed by atoms with E-state index in [2.05, 4.69) is 32.7 Å². The lowest BCUT2D eigenvalue weighted by atomic mass is 9.76. The van der Waals surface area contributed by atoms with E-state index in [0.717, 1.165) is 38.6 Å². The summed E-state index contributed by atoms with van der Waals surface area (Å²) >= 11 is 0. The average Bonchev–Trinajstić information content (AvgIpc) is 3.46. The lowest BCUT2D eigenvalue weighted by molar-refractivity contribution is 0.0133. The number of morpholine rings is 1. The van der Waals surface area contributed by atoms with Crippen LogP contribution in [0.25, 0.3) is 32.9 Å². The number of anilines is 1. The molecule has 7 rings (SSSR count). The van der Waals surface area contributed by atoms with E-state index in [1.54, 1.807) is 0 Å². The van der Waals surface area contributed by atoms with Crippen molar-refractivity contribution < 1.29 is 23.4 Å². The van der Waals surface area contributed by atoms with E-state index >= 15 is 4.39 Å². The van der Waals surface area contributed by atoms with Crippen molar-refractivity contribution in [3.8, 4) is 35.4 Å². The van der Waals surface area contributed by atoms with E-state index in [1.165, 1.54) is 30.5 Å². The van der Waals surface area contributed by atoms with Gasteiger partial charge in [-0.15, -0.1) is 6.42 Å². The zero-order valence-electron chi connectivity index (χ0n) is 24.9. The molecule has 4 heterocycles. The topological polar surface area (TPSA) is 83.8 Å². The number of hydrogen-bond donors (Lipinski definition) is 1. The Hall–Kier alpha value is -4.07. The van der Waals surface area contributed by atoms with E-state index in [-0.39, 0.29) is 50.9 Å². The minimum Gasteiger partial charge on any atom is -0.508 e. The zero-order valence-corrected chi connectivity index (χ0v) is 24.9. The number of aromatic hydroxyl groups is 1. The summed E-state index contributed by atoms with van der Waals surface area (Å²) in [5, 5.41) is 11.7. The first-order valence-electron chi connectivity index (χ1n) is 15.3. The molecule has 4 aromatic rings. The number of terminal acetylenes is 1. The average molecular weight is 600 g/mol. The minimum absolute atomic E-state index is 0.00978. The number of nitrogens with zero attached hydrogens (tertiary/aromatic N) is 5. The van der Waals surface area contributed by atoms with Crippen LogP contribution in [-0.4, -0.2) is 77.0 Å². The van der Waals surface area contributed by atoms with E-state index in [0.29, 0.717) is 49.0 Å². The van der Waals surface area contributed by atoms with Gasteiger partial charge in [-0.3, -0.25) is 4.98 Å². The van der Waals surface area contributed by atoms with Crippen LogP contribution >= 0.6 is 0 Å². The molecule has 0 bridgehead atoms. The fourth-order valence-electron chi connectivity index (χ4n) is 7.67. The van der Waals surface area contributed by atoms with Crippen molar-refractivity contribution in [2.75, 3.05) is 44.9 Å².